The Hall–Kier alpha value is -4.65. The highest BCUT2D eigenvalue weighted by atomic mass is 16.3. The maximum Gasteiger partial charge on any atom is 0.263 e. The van der Waals surface area contributed by atoms with E-state index in [4.69, 9.17) is 9.41 Å². The molecule has 0 saturated carbocycles. The number of nitrogens with zero attached hydrogens (tertiary/aromatic N) is 2. The highest BCUT2D eigenvalue weighted by Gasteiger charge is 2.45. The number of para-hydroxylation sites is 3. The number of fused-ring (bicyclic) bond motifs is 3. The second-order valence-electron chi connectivity index (χ2n) is 8.11. The number of hydrogen-bond donors (Lipinski definition) is 2. The van der Waals surface area contributed by atoms with E-state index in [1.165, 1.54) is 4.90 Å². The van der Waals surface area contributed by atoms with Crippen LogP contribution in [0.3, 0.4) is 0 Å². The number of hydrogen-bond acceptors (Lipinski definition) is 6. The highest BCUT2D eigenvalue weighted by molar-refractivity contribution is 6.19. The van der Waals surface area contributed by atoms with Gasteiger partial charge in [0, 0.05) is 5.56 Å². The molecule has 0 fully saturated rings. The molecule has 6 rings (SSSR count). The van der Waals surface area contributed by atoms with Crippen LogP contribution in [-0.2, 0) is 0 Å². The zero-order valence-corrected chi connectivity index (χ0v) is 18.0. The van der Waals surface area contributed by atoms with E-state index < -0.39 is 23.9 Å². The third-order valence-electron chi connectivity index (χ3n) is 6.06. The van der Waals surface area contributed by atoms with Crippen molar-refractivity contribution in [1.82, 2.24) is 4.90 Å². The van der Waals surface area contributed by atoms with E-state index in [0.29, 0.717) is 28.4 Å². The van der Waals surface area contributed by atoms with Gasteiger partial charge in [0.1, 0.15) is 23.7 Å². The molecule has 0 aliphatic carbocycles. The van der Waals surface area contributed by atoms with E-state index in [2.05, 4.69) is 10.6 Å². The van der Waals surface area contributed by atoms with Gasteiger partial charge in [-0.2, -0.15) is 0 Å². The number of amidine groups is 1. The van der Waals surface area contributed by atoms with Crippen LogP contribution in [0.2, 0.25) is 0 Å². The Kier molecular flexibility index (Phi) is 4.73. The van der Waals surface area contributed by atoms with Gasteiger partial charge < -0.3 is 15.1 Å². The number of carbonyl (C=O) groups is 2. The van der Waals surface area contributed by atoms with Gasteiger partial charge in [-0.15, -0.1) is 0 Å². The van der Waals surface area contributed by atoms with Crippen molar-refractivity contribution in [3.8, 4) is 0 Å². The van der Waals surface area contributed by atoms with Gasteiger partial charge in [-0.25, -0.2) is 4.99 Å². The first kappa shape index (κ1) is 20.0. The quantitative estimate of drug-likeness (QED) is 0.409. The molecule has 0 bridgehead atoms. The molecule has 2 amide bonds. The van der Waals surface area contributed by atoms with Crippen molar-refractivity contribution in [2.24, 2.45) is 4.99 Å². The Morgan fingerprint density at radius 1 is 0.853 bits per heavy atom. The maximum atomic E-state index is 14.0. The molecule has 7 nitrogen and oxygen atoms in total. The number of rotatable bonds is 2. The van der Waals surface area contributed by atoms with Crippen LogP contribution in [0.4, 0.5) is 17.1 Å². The largest absolute Gasteiger partial charge is 0.467 e. The van der Waals surface area contributed by atoms with Gasteiger partial charge in [0.15, 0.2) is 0 Å². The van der Waals surface area contributed by atoms with Gasteiger partial charge >= 0.3 is 0 Å². The standard InChI is InChI=1S/C27H20N4O3/c32-26(17-9-2-1-3-10-17)31-24-23(22-15-8-16-34-22)28-20-13-6-7-14-21(20)30-25(24)29-19-12-5-4-11-18(19)27(31)33/h1-16,23-24,28H,(H,29,30). The van der Waals surface area contributed by atoms with E-state index >= 15 is 0 Å². The van der Waals surface area contributed by atoms with Crippen LogP contribution in [0.1, 0.15) is 32.5 Å². The molecule has 0 spiro atoms. The van der Waals surface area contributed by atoms with Crippen molar-refractivity contribution in [2.45, 2.75) is 12.1 Å². The average molecular weight is 448 g/mol. The van der Waals surface area contributed by atoms with Gasteiger partial charge in [-0.05, 0) is 48.5 Å². The Labute approximate surface area is 195 Å². The lowest BCUT2D eigenvalue weighted by Crippen LogP contribution is -2.53. The van der Waals surface area contributed by atoms with Gasteiger partial charge in [0.05, 0.1) is 28.9 Å². The molecule has 2 unspecified atom stereocenters. The Balaban J connectivity index is 1.60. The van der Waals surface area contributed by atoms with Crippen LogP contribution in [0, 0.1) is 0 Å². The Morgan fingerprint density at radius 2 is 1.59 bits per heavy atom. The molecular formula is C27H20N4O3. The number of aliphatic imine (C=N–C) groups is 1. The van der Waals surface area contributed by atoms with E-state index in [-0.39, 0.29) is 0 Å². The van der Waals surface area contributed by atoms with Crippen LogP contribution in [-0.4, -0.2) is 28.6 Å². The molecule has 166 valence electrons. The van der Waals surface area contributed by atoms with Crippen molar-refractivity contribution in [1.29, 1.82) is 0 Å². The van der Waals surface area contributed by atoms with Gasteiger partial charge in [0.2, 0.25) is 0 Å². The summed E-state index contributed by atoms with van der Waals surface area (Å²) in [5.74, 6) is 0.229. The first-order valence-corrected chi connectivity index (χ1v) is 11.0. The molecule has 3 aromatic carbocycles. The minimum Gasteiger partial charge on any atom is -0.467 e. The topological polar surface area (TPSA) is 86.9 Å². The molecule has 2 atom stereocenters. The minimum atomic E-state index is -0.800. The lowest BCUT2D eigenvalue weighted by molar-refractivity contribution is 0.0574. The maximum absolute atomic E-state index is 14.0. The van der Waals surface area contributed by atoms with Crippen LogP contribution >= 0.6 is 0 Å². The van der Waals surface area contributed by atoms with E-state index in [1.54, 1.807) is 54.8 Å². The summed E-state index contributed by atoms with van der Waals surface area (Å²) in [5.41, 5.74) is 2.88. The van der Waals surface area contributed by atoms with Crippen LogP contribution in [0.5, 0.6) is 0 Å². The molecule has 4 aromatic rings. The molecule has 3 heterocycles. The lowest BCUT2D eigenvalue weighted by atomic mass is 10.0. The summed E-state index contributed by atoms with van der Waals surface area (Å²) in [5, 5.41) is 6.88. The van der Waals surface area contributed by atoms with E-state index in [0.717, 1.165) is 11.4 Å². The van der Waals surface area contributed by atoms with Crippen molar-refractivity contribution < 1.29 is 14.0 Å². The smallest absolute Gasteiger partial charge is 0.263 e. The summed E-state index contributed by atoms with van der Waals surface area (Å²) in [6, 6.07) is 25.8. The number of nitrogens with one attached hydrogen (secondary N) is 2. The van der Waals surface area contributed by atoms with Gasteiger partial charge in [-0.1, -0.05) is 42.5 Å². The number of amides is 2. The number of benzene rings is 3. The summed E-state index contributed by atoms with van der Waals surface area (Å²) in [4.78, 5) is 34.0. The fraction of sp³-hybridized carbons (Fsp3) is 0.0741. The number of furan rings is 1. The molecule has 34 heavy (non-hydrogen) atoms. The molecule has 2 aliphatic rings. The normalized spacial score (nSPS) is 18.8. The predicted octanol–water partition coefficient (Wildman–Crippen LogP) is 5.25. The summed E-state index contributed by atoms with van der Waals surface area (Å²) < 4.78 is 5.78. The second kappa shape index (κ2) is 8.04. The number of anilines is 2. The third-order valence-corrected chi connectivity index (χ3v) is 6.06. The summed E-state index contributed by atoms with van der Waals surface area (Å²) in [6.07, 6.45) is 1.58. The van der Waals surface area contributed by atoms with Crippen LogP contribution in [0.25, 0.3) is 0 Å². The zero-order valence-electron chi connectivity index (χ0n) is 18.0. The number of imide groups is 1. The zero-order chi connectivity index (χ0) is 23.1. The first-order valence-electron chi connectivity index (χ1n) is 11.0. The predicted molar refractivity (Wildman–Crippen MR) is 129 cm³/mol. The fourth-order valence-electron chi connectivity index (χ4n) is 4.47. The van der Waals surface area contributed by atoms with Crippen molar-refractivity contribution in [2.75, 3.05) is 10.6 Å². The molecule has 0 saturated heterocycles. The van der Waals surface area contributed by atoms with E-state index in [1.807, 2.05) is 42.5 Å². The Morgan fingerprint density at radius 3 is 2.38 bits per heavy atom. The first-order chi connectivity index (χ1) is 16.7. The molecule has 2 aliphatic heterocycles. The molecule has 7 heteroatoms. The monoisotopic (exact) mass is 448 g/mol. The van der Waals surface area contributed by atoms with Gasteiger partial charge in [-0.3, -0.25) is 14.5 Å². The SMILES string of the molecule is O=C(c1ccccc1)N1C(=O)c2ccccc2N=C2Nc3ccccc3NC(c3ccco3)C21. The minimum absolute atomic E-state index is 0.362. The molecule has 0 radical (unpaired) electrons. The summed E-state index contributed by atoms with van der Waals surface area (Å²) in [7, 11) is 0. The second-order valence-corrected chi connectivity index (χ2v) is 8.11. The Bertz CT molecular complexity index is 1410. The van der Waals surface area contributed by atoms with E-state index in [9.17, 15) is 9.59 Å². The number of carbonyl (C=O) groups excluding carboxylic acids is 2. The molecule has 2 N–H and O–H groups in total. The summed E-state index contributed by atoms with van der Waals surface area (Å²) in [6.45, 7) is 0. The van der Waals surface area contributed by atoms with Crippen molar-refractivity contribution >= 4 is 34.7 Å². The fourth-order valence-corrected chi connectivity index (χ4v) is 4.47. The average Bonchev–Trinajstić information content (AvgIpc) is 3.32. The van der Waals surface area contributed by atoms with Gasteiger partial charge in [0.25, 0.3) is 11.8 Å². The van der Waals surface area contributed by atoms with Crippen LogP contribution < -0.4 is 10.6 Å². The van der Waals surface area contributed by atoms with Crippen molar-refractivity contribution in [3.63, 3.8) is 0 Å². The highest BCUT2D eigenvalue weighted by Crippen LogP contribution is 2.38. The third kappa shape index (κ3) is 3.26. The van der Waals surface area contributed by atoms with Crippen molar-refractivity contribution in [3.05, 3.63) is 114 Å². The molecular weight excluding hydrogens is 428 g/mol. The van der Waals surface area contributed by atoms with Crippen LogP contribution in [0.15, 0.2) is 107 Å². The lowest BCUT2D eigenvalue weighted by Gasteiger charge is -2.33. The summed E-state index contributed by atoms with van der Waals surface area (Å²) >= 11 is 0. The molecule has 1 aromatic heterocycles.